The maximum absolute atomic E-state index is 11.8. The number of aromatic nitrogens is 1. The van der Waals surface area contributed by atoms with Gasteiger partial charge in [0.15, 0.2) is 0 Å². The van der Waals surface area contributed by atoms with Gasteiger partial charge in [-0.3, -0.25) is 4.98 Å². The van der Waals surface area contributed by atoms with Crippen LogP contribution in [0.15, 0.2) is 22.8 Å². The Kier molecular flexibility index (Phi) is 4.92. The quantitative estimate of drug-likeness (QED) is 0.893. The van der Waals surface area contributed by atoms with Crippen molar-refractivity contribution in [3.8, 4) is 0 Å². The molecule has 1 rings (SSSR count). The highest BCUT2D eigenvalue weighted by Gasteiger charge is 2.31. The minimum absolute atomic E-state index is 0.277. The minimum atomic E-state index is -0.983. The lowest BCUT2D eigenvalue weighted by Gasteiger charge is -2.29. The van der Waals surface area contributed by atoms with Crippen molar-refractivity contribution in [2.75, 3.05) is 6.61 Å². The van der Waals surface area contributed by atoms with Crippen molar-refractivity contribution in [1.82, 2.24) is 10.3 Å². The molecule has 2 N–H and O–H groups in total. The Morgan fingerprint density at radius 2 is 2.05 bits per heavy atom. The van der Waals surface area contributed by atoms with Crippen LogP contribution in [0.1, 0.15) is 33.4 Å². The Balaban J connectivity index is 2.86. The Bertz CT molecular complexity index is 442. The van der Waals surface area contributed by atoms with E-state index in [0.29, 0.717) is 5.69 Å². The van der Waals surface area contributed by atoms with Gasteiger partial charge in [0.05, 0.1) is 12.3 Å². The smallest absolute Gasteiger partial charge is 0.408 e. The topological polar surface area (TPSA) is 71.5 Å². The van der Waals surface area contributed by atoms with Crippen molar-refractivity contribution in [2.45, 2.75) is 38.8 Å². The van der Waals surface area contributed by atoms with Crippen LogP contribution in [-0.2, 0) is 10.3 Å². The number of rotatable bonds is 3. The van der Waals surface area contributed by atoms with Crippen molar-refractivity contribution in [3.63, 3.8) is 0 Å². The van der Waals surface area contributed by atoms with E-state index in [1.165, 1.54) is 0 Å². The molecule has 0 aromatic carbocycles. The van der Waals surface area contributed by atoms with E-state index >= 15 is 0 Å². The van der Waals surface area contributed by atoms with Gasteiger partial charge in [-0.25, -0.2) is 4.79 Å². The Hall–Kier alpha value is -1.14. The molecule has 5 nitrogen and oxygen atoms in total. The van der Waals surface area contributed by atoms with Crippen LogP contribution in [0.3, 0.4) is 0 Å². The molecule has 1 aromatic rings. The molecule has 0 aliphatic carbocycles. The van der Waals surface area contributed by atoms with E-state index in [-0.39, 0.29) is 6.61 Å². The summed E-state index contributed by atoms with van der Waals surface area (Å²) in [6.45, 7) is 6.75. The first-order valence-corrected chi connectivity index (χ1v) is 6.70. The number of nitrogens with zero attached hydrogens (tertiary/aromatic N) is 1. The fourth-order valence-electron chi connectivity index (χ4n) is 1.42. The summed E-state index contributed by atoms with van der Waals surface area (Å²) in [7, 11) is 0. The Labute approximate surface area is 121 Å². The lowest BCUT2D eigenvalue weighted by atomic mass is 9.98. The average Bonchev–Trinajstić information content (AvgIpc) is 2.26. The Morgan fingerprint density at radius 1 is 1.42 bits per heavy atom. The number of nitrogens with one attached hydrogen (secondary N) is 1. The third-order valence-electron chi connectivity index (χ3n) is 2.39. The van der Waals surface area contributed by atoms with Gasteiger partial charge in [-0.05, 0) is 55.8 Å². The molecule has 1 unspecified atom stereocenters. The van der Waals surface area contributed by atoms with Crippen LogP contribution in [0.25, 0.3) is 0 Å². The zero-order valence-corrected chi connectivity index (χ0v) is 13.1. The van der Waals surface area contributed by atoms with Crippen LogP contribution >= 0.6 is 15.9 Å². The number of alkyl carbamates (subject to hydrolysis) is 1. The van der Waals surface area contributed by atoms with Crippen LogP contribution in [0.5, 0.6) is 0 Å². The van der Waals surface area contributed by atoms with E-state index < -0.39 is 17.2 Å². The Morgan fingerprint density at radius 3 is 2.47 bits per heavy atom. The van der Waals surface area contributed by atoms with Gasteiger partial charge in [-0.2, -0.15) is 0 Å². The number of carbonyl (C=O) groups excluding carboxylic acids is 1. The number of hydrogen-bond acceptors (Lipinski definition) is 4. The summed E-state index contributed by atoms with van der Waals surface area (Å²) in [5.41, 5.74) is -1.01. The van der Waals surface area contributed by atoms with E-state index in [1.807, 2.05) is 0 Å². The summed E-state index contributed by atoms with van der Waals surface area (Å²) in [6.07, 6.45) is 1.02. The molecule has 0 aliphatic heterocycles. The molecule has 0 bridgehead atoms. The summed E-state index contributed by atoms with van der Waals surface area (Å²) >= 11 is 3.29. The number of halogens is 1. The predicted octanol–water partition coefficient (Wildman–Crippen LogP) is 2.58. The van der Waals surface area contributed by atoms with Crippen LogP contribution in [0.2, 0.25) is 0 Å². The molecule has 0 radical (unpaired) electrons. The molecule has 1 amide bonds. The first-order chi connectivity index (χ1) is 8.66. The summed E-state index contributed by atoms with van der Waals surface area (Å²) in [5, 5.41) is 12.2. The molecule has 0 spiro atoms. The van der Waals surface area contributed by atoms with Crippen LogP contribution in [0, 0.1) is 0 Å². The number of ether oxygens (including phenoxy) is 1. The standard InChI is InChI=1S/C13H19BrN2O3/c1-12(2,3)19-11(18)16-13(4,8-17)10-6-5-9(14)7-15-10/h5-7,17H,8H2,1-4H3,(H,16,18). The highest BCUT2D eigenvalue weighted by Crippen LogP contribution is 2.20. The maximum atomic E-state index is 11.8. The second kappa shape index (κ2) is 5.88. The zero-order valence-electron chi connectivity index (χ0n) is 11.5. The maximum Gasteiger partial charge on any atom is 0.408 e. The fourth-order valence-corrected chi connectivity index (χ4v) is 1.65. The summed E-state index contributed by atoms with van der Waals surface area (Å²) in [6, 6.07) is 3.53. The lowest BCUT2D eigenvalue weighted by Crippen LogP contribution is -2.48. The van der Waals surface area contributed by atoms with Crippen molar-refractivity contribution < 1.29 is 14.6 Å². The molecule has 0 aliphatic rings. The van der Waals surface area contributed by atoms with Gasteiger partial charge in [0, 0.05) is 10.7 Å². The average molecular weight is 331 g/mol. The van der Waals surface area contributed by atoms with E-state index in [0.717, 1.165) is 4.47 Å². The molecule has 1 atom stereocenters. The molecule has 1 aromatic heterocycles. The molecule has 1 heterocycles. The molecular weight excluding hydrogens is 312 g/mol. The van der Waals surface area contributed by atoms with Crippen LogP contribution < -0.4 is 5.32 Å². The molecular formula is C13H19BrN2O3. The minimum Gasteiger partial charge on any atom is -0.444 e. The van der Waals surface area contributed by atoms with E-state index in [4.69, 9.17) is 4.74 Å². The second-order valence-corrected chi connectivity index (χ2v) is 6.39. The van der Waals surface area contributed by atoms with Gasteiger partial charge >= 0.3 is 6.09 Å². The normalized spacial score (nSPS) is 14.6. The highest BCUT2D eigenvalue weighted by atomic mass is 79.9. The van der Waals surface area contributed by atoms with Crippen molar-refractivity contribution in [1.29, 1.82) is 0 Å². The molecule has 0 fully saturated rings. The SMILES string of the molecule is CC(C)(C)OC(=O)NC(C)(CO)c1ccc(Br)cn1. The molecule has 0 saturated heterocycles. The second-order valence-electron chi connectivity index (χ2n) is 5.48. The van der Waals surface area contributed by atoms with Gasteiger partial charge in [0.2, 0.25) is 0 Å². The number of pyridine rings is 1. The number of aliphatic hydroxyl groups excluding tert-OH is 1. The zero-order chi connectivity index (χ0) is 14.7. The summed E-state index contributed by atoms with van der Waals surface area (Å²) in [5.74, 6) is 0. The monoisotopic (exact) mass is 330 g/mol. The van der Waals surface area contributed by atoms with Crippen molar-refractivity contribution in [2.24, 2.45) is 0 Å². The van der Waals surface area contributed by atoms with Gasteiger partial charge in [-0.1, -0.05) is 0 Å². The number of aliphatic hydroxyl groups is 1. The fraction of sp³-hybridized carbons (Fsp3) is 0.538. The largest absolute Gasteiger partial charge is 0.444 e. The van der Waals surface area contributed by atoms with E-state index in [2.05, 4.69) is 26.2 Å². The van der Waals surface area contributed by atoms with Crippen molar-refractivity contribution >= 4 is 22.0 Å². The van der Waals surface area contributed by atoms with Gasteiger partial charge < -0.3 is 15.2 Å². The van der Waals surface area contributed by atoms with E-state index in [1.54, 1.807) is 46.0 Å². The third kappa shape index (κ3) is 4.80. The summed E-state index contributed by atoms with van der Waals surface area (Å²) < 4.78 is 6.01. The molecule has 19 heavy (non-hydrogen) atoms. The number of carbonyl (C=O) groups is 1. The van der Waals surface area contributed by atoms with Crippen LogP contribution in [-0.4, -0.2) is 28.4 Å². The number of amides is 1. The lowest BCUT2D eigenvalue weighted by molar-refractivity contribution is 0.0407. The van der Waals surface area contributed by atoms with E-state index in [9.17, 15) is 9.90 Å². The molecule has 0 saturated carbocycles. The van der Waals surface area contributed by atoms with Gasteiger partial charge in [0.1, 0.15) is 11.1 Å². The highest BCUT2D eigenvalue weighted by molar-refractivity contribution is 9.10. The number of hydrogen-bond donors (Lipinski definition) is 2. The van der Waals surface area contributed by atoms with Crippen molar-refractivity contribution in [3.05, 3.63) is 28.5 Å². The predicted molar refractivity (Wildman–Crippen MR) is 75.7 cm³/mol. The molecule has 6 heteroatoms. The van der Waals surface area contributed by atoms with Crippen LogP contribution in [0.4, 0.5) is 4.79 Å². The first-order valence-electron chi connectivity index (χ1n) is 5.90. The first kappa shape index (κ1) is 15.9. The third-order valence-corrected chi connectivity index (χ3v) is 2.85. The summed E-state index contributed by atoms with van der Waals surface area (Å²) in [4.78, 5) is 16.0. The van der Waals surface area contributed by atoms with Gasteiger partial charge in [-0.15, -0.1) is 0 Å². The molecule has 106 valence electrons. The van der Waals surface area contributed by atoms with Gasteiger partial charge in [0.25, 0.3) is 0 Å².